The molecule has 5 rings (SSSR count). The molecule has 9 heteroatoms. The summed E-state index contributed by atoms with van der Waals surface area (Å²) < 4.78 is 2.05. The summed E-state index contributed by atoms with van der Waals surface area (Å²) in [6.07, 6.45) is 4.60. The standard InChI is InChI=1S/C26H29N7OS/c1-5-27-21-14-13-17(15-28-21)22-18-10-8-11-19-24(35-25(29-19)30-26(34)32(3)4)23(18)33(31-22)20-12-7-6-9-16(20)2/h6-7,9,12-15H,5,8,10-11H2,1-4H3,(H,27,28)(H,29,30,34). The zero-order valence-corrected chi connectivity index (χ0v) is 21.2. The van der Waals surface area contributed by atoms with E-state index in [1.54, 1.807) is 14.1 Å². The number of nitrogens with one attached hydrogen (secondary N) is 2. The number of anilines is 2. The molecule has 3 heterocycles. The number of benzene rings is 1. The lowest BCUT2D eigenvalue weighted by molar-refractivity contribution is 0.230. The van der Waals surface area contributed by atoms with E-state index in [0.29, 0.717) is 5.13 Å². The van der Waals surface area contributed by atoms with Gasteiger partial charge in [-0.25, -0.2) is 19.4 Å². The number of urea groups is 1. The third kappa shape index (κ3) is 4.39. The molecule has 0 bridgehead atoms. The number of carbonyl (C=O) groups excluding carboxylic acids is 1. The van der Waals surface area contributed by atoms with Gasteiger partial charge in [0.15, 0.2) is 5.13 Å². The number of carbonyl (C=O) groups is 1. The van der Waals surface area contributed by atoms with Crippen LogP contribution in [-0.2, 0) is 12.8 Å². The van der Waals surface area contributed by atoms with Crippen LogP contribution in [0.5, 0.6) is 0 Å². The molecule has 2 N–H and O–H groups in total. The van der Waals surface area contributed by atoms with Crippen molar-refractivity contribution in [3.05, 3.63) is 59.4 Å². The Kier molecular flexibility index (Phi) is 6.25. The first kappa shape index (κ1) is 23.0. The smallest absolute Gasteiger partial charge is 0.323 e. The van der Waals surface area contributed by atoms with E-state index in [4.69, 9.17) is 10.1 Å². The van der Waals surface area contributed by atoms with E-state index in [1.807, 2.05) is 24.4 Å². The molecule has 1 aliphatic rings. The van der Waals surface area contributed by atoms with E-state index in [1.165, 1.54) is 21.8 Å². The molecule has 4 aromatic rings. The summed E-state index contributed by atoms with van der Waals surface area (Å²) in [7, 11) is 3.45. The molecular weight excluding hydrogens is 458 g/mol. The largest absolute Gasteiger partial charge is 0.370 e. The van der Waals surface area contributed by atoms with E-state index in [-0.39, 0.29) is 6.03 Å². The van der Waals surface area contributed by atoms with E-state index in [9.17, 15) is 4.79 Å². The van der Waals surface area contributed by atoms with Crippen LogP contribution < -0.4 is 10.6 Å². The highest BCUT2D eigenvalue weighted by Crippen LogP contribution is 2.43. The van der Waals surface area contributed by atoms with E-state index >= 15 is 0 Å². The first-order valence-corrected chi connectivity index (χ1v) is 12.6. The predicted molar refractivity (Wildman–Crippen MR) is 142 cm³/mol. The summed E-state index contributed by atoms with van der Waals surface area (Å²) in [6.45, 7) is 4.98. The van der Waals surface area contributed by atoms with Gasteiger partial charge in [-0.15, -0.1) is 0 Å². The Bertz CT molecular complexity index is 1370. The van der Waals surface area contributed by atoms with Crippen LogP contribution in [0.2, 0.25) is 0 Å². The molecule has 2 amide bonds. The van der Waals surface area contributed by atoms with E-state index < -0.39 is 0 Å². The van der Waals surface area contributed by atoms with Crippen LogP contribution >= 0.6 is 11.3 Å². The van der Waals surface area contributed by atoms with Crippen LogP contribution in [0.1, 0.15) is 30.2 Å². The second-order valence-electron chi connectivity index (χ2n) is 8.81. The lowest BCUT2D eigenvalue weighted by Gasteiger charge is -2.10. The molecule has 3 aromatic heterocycles. The lowest BCUT2D eigenvalue weighted by atomic mass is 10.0. The maximum Gasteiger partial charge on any atom is 0.323 e. The summed E-state index contributed by atoms with van der Waals surface area (Å²) in [6, 6.07) is 12.2. The number of amides is 2. The molecule has 1 aromatic carbocycles. The van der Waals surface area contributed by atoms with Crippen LogP contribution in [0.3, 0.4) is 0 Å². The maximum absolute atomic E-state index is 12.3. The first-order valence-electron chi connectivity index (χ1n) is 11.8. The summed E-state index contributed by atoms with van der Waals surface area (Å²) in [5.41, 5.74) is 7.36. The van der Waals surface area contributed by atoms with Gasteiger partial charge in [0.2, 0.25) is 0 Å². The van der Waals surface area contributed by atoms with Gasteiger partial charge in [0.1, 0.15) is 5.82 Å². The van der Waals surface area contributed by atoms with E-state index in [0.717, 1.165) is 70.4 Å². The van der Waals surface area contributed by atoms with Gasteiger partial charge in [-0.2, -0.15) is 5.10 Å². The second-order valence-corrected chi connectivity index (χ2v) is 9.81. The van der Waals surface area contributed by atoms with Crippen LogP contribution in [0.25, 0.3) is 27.5 Å². The molecule has 1 aliphatic carbocycles. The fourth-order valence-corrected chi connectivity index (χ4v) is 5.40. The molecule has 35 heavy (non-hydrogen) atoms. The SMILES string of the molecule is CCNc1ccc(-c2nn(-c3ccccc3C)c3c2CCCc2nc(NC(=O)N(C)C)sc2-3)cn1. The molecule has 0 atom stereocenters. The quantitative estimate of drug-likeness (QED) is 0.395. The highest BCUT2D eigenvalue weighted by atomic mass is 32.1. The molecule has 0 saturated heterocycles. The summed E-state index contributed by atoms with van der Waals surface area (Å²) in [4.78, 5) is 24.3. The lowest BCUT2D eigenvalue weighted by Crippen LogP contribution is -2.27. The van der Waals surface area contributed by atoms with Crippen molar-refractivity contribution in [1.29, 1.82) is 0 Å². The number of para-hydroxylation sites is 1. The van der Waals surface area contributed by atoms with Crippen LogP contribution in [0, 0.1) is 6.92 Å². The van der Waals surface area contributed by atoms with Crippen molar-refractivity contribution >= 4 is 28.3 Å². The minimum Gasteiger partial charge on any atom is -0.370 e. The van der Waals surface area contributed by atoms with Gasteiger partial charge in [0.05, 0.1) is 27.6 Å². The average molecular weight is 488 g/mol. The third-order valence-corrected chi connectivity index (χ3v) is 7.11. The van der Waals surface area contributed by atoms with Crippen LogP contribution in [0.15, 0.2) is 42.6 Å². The zero-order chi connectivity index (χ0) is 24.5. The van der Waals surface area contributed by atoms with Crippen molar-refractivity contribution in [1.82, 2.24) is 24.6 Å². The molecule has 0 aliphatic heterocycles. The number of hydrogen-bond acceptors (Lipinski definition) is 6. The molecule has 0 fully saturated rings. The minimum atomic E-state index is -0.186. The molecule has 8 nitrogen and oxygen atoms in total. The van der Waals surface area contributed by atoms with Crippen LogP contribution in [-0.4, -0.2) is 51.3 Å². The number of hydrogen-bond donors (Lipinski definition) is 2. The Morgan fingerprint density at radius 1 is 1.17 bits per heavy atom. The molecule has 0 unspecified atom stereocenters. The topological polar surface area (TPSA) is 88.0 Å². The number of aromatic nitrogens is 4. The highest BCUT2D eigenvalue weighted by Gasteiger charge is 2.29. The van der Waals surface area contributed by atoms with Gasteiger partial charge in [-0.1, -0.05) is 29.5 Å². The van der Waals surface area contributed by atoms with Gasteiger partial charge >= 0.3 is 6.03 Å². The molecular formula is C26H29N7OS. The molecule has 0 saturated carbocycles. The van der Waals surface area contributed by atoms with Crippen LogP contribution in [0.4, 0.5) is 15.7 Å². The molecule has 0 radical (unpaired) electrons. The van der Waals surface area contributed by atoms with Gasteiger partial charge < -0.3 is 10.2 Å². The first-order chi connectivity index (χ1) is 17.0. The Morgan fingerprint density at radius 2 is 2.00 bits per heavy atom. The van der Waals surface area contributed by atoms with Gasteiger partial charge in [0, 0.05) is 38.0 Å². The van der Waals surface area contributed by atoms with Gasteiger partial charge in [0.25, 0.3) is 0 Å². The Labute approximate surface area is 209 Å². The average Bonchev–Trinajstić information content (AvgIpc) is 3.36. The van der Waals surface area contributed by atoms with Crippen molar-refractivity contribution in [3.63, 3.8) is 0 Å². The monoisotopic (exact) mass is 487 g/mol. The van der Waals surface area contributed by atoms with Crippen molar-refractivity contribution < 1.29 is 4.79 Å². The number of rotatable bonds is 5. The summed E-state index contributed by atoms with van der Waals surface area (Å²) in [5, 5.41) is 11.9. The van der Waals surface area contributed by atoms with Crippen molar-refractivity contribution in [3.8, 4) is 27.5 Å². The molecule has 0 spiro atoms. The predicted octanol–water partition coefficient (Wildman–Crippen LogP) is 5.38. The summed E-state index contributed by atoms with van der Waals surface area (Å²) in [5.74, 6) is 0.853. The Hall–Kier alpha value is -3.72. The van der Waals surface area contributed by atoms with Crippen molar-refractivity contribution in [2.45, 2.75) is 33.1 Å². The van der Waals surface area contributed by atoms with Gasteiger partial charge in [-0.05, 0) is 56.9 Å². The number of aryl methyl sites for hydroxylation is 2. The second kappa shape index (κ2) is 9.50. The fourth-order valence-electron chi connectivity index (χ4n) is 4.34. The van der Waals surface area contributed by atoms with Gasteiger partial charge in [-0.3, -0.25) is 5.32 Å². The normalized spacial score (nSPS) is 12.5. The number of fused-ring (bicyclic) bond motifs is 3. The van der Waals surface area contributed by atoms with Crippen molar-refractivity contribution in [2.75, 3.05) is 31.3 Å². The number of nitrogens with zero attached hydrogens (tertiary/aromatic N) is 5. The number of pyridine rings is 1. The van der Waals surface area contributed by atoms with E-state index in [2.05, 4.69) is 52.3 Å². The Morgan fingerprint density at radius 3 is 2.71 bits per heavy atom. The maximum atomic E-state index is 12.3. The summed E-state index contributed by atoms with van der Waals surface area (Å²) >= 11 is 1.51. The number of thiazole rings is 1. The fraction of sp³-hybridized carbons (Fsp3) is 0.308. The third-order valence-electron chi connectivity index (χ3n) is 6.09. The minimum absolute atomic E-state index is 0.186. The van der Waals surface area contributed by atoms with Crippen molar-refractivity contribution in [2.24, 2.45) is 0 Å². The highest BCUT2D eigenvalue weighted by molar-refractivity contribution is 7.19. The molecule has 180 valence electrons. The zero-order valence-electron chi connectivity index (χ0n) is 20.4. The Balaban J connectivity index is 1.69.